The van der Waals surface area contributed by atoms with E-state index in [9.17, 15) is 13.2 Å². The minimum absolute atomic E-state index is 0.222. The van der Waals surface area contributed by atoms with Crippen molar-refractivity contribution in [3.63, 3.8) is 0 Å². The normalized spacial score (nSPS) is 17.2. The Bertz CT molecular complexity index is 398. The van der Waals surface area contributed by atoms with E-state index in [-0.39, 0.29) is 6.42 Å². The van der Waals surface area contributed by atoms with Gasteiger partial charge in [-0.25, -0.2) is 0 Å². The molecule has 0 unspecified atom stereocenters. The summed E-state index contributed by atoms with van der Waals surface area (Å²) in [7, 11) is 0. The molecule has 0 atom stereocenters. The maximum atomic E-state index is 12.0. The number of alkyl halides is 3. The van der Waals surface area contributed by atoms with Gasteiger partial charge in [0.1, 0.15) is 0 Å². The van der Waals surface area contributed by atoms with Gasteiger partial charge in [0, 0.05) is 31.2 Å². The van der Waals surface area contributed by atoms with Gasteiger partial charge in [0.05, 0.1) is 0 Å². The number of nitrogens with zero attached hydrogens (tertiary/aromatic N) is 1. The van der Waals surface area contributed by atoms with Gasteiger partial charge in [-0.15, -0.1) is 0 Å². The summed E-state index contributed by atoms with van der Waals surface area (Å²) in [6.45, 7) is 2.69. The van der Waals surface area contributed by atoms with E-state index < -0.39 is 12.6 Å². The highest BCUT2D eigenvalue weighted by Gasteiger charge is 2.26. The van der Waals surface area contributed by atoms with Crippen molar-refractivity contribution in [2.45, 2.75) is 44.3 Å². The average molecular weight is 300 g/mol. The van der Waals surface area contributed by atoms with Crippen molar-refractivity contribution in [3.05, 3.63) is 30.3 Å². The molecule has 1 saturated heterocycles. The fourth-order valence-electron chi connectivity index (χ4n) is 2.74. The Morgan fingerprint density at radius 3 is 2.33 bits per heavy atom. The lowest BCUT2D eigenvalue weighted by molar-refractivity contribution is -0.135. The average Bonchev–Trinajstić information content (AvgIpc) is 2.47. The number of hydrogen-bond donors (Lipinski definition) is 1. The molecule has 1 fully saturated rings. The van der Waals surface area contributed by atoms with Crippen molar-refractivity contribution in [2.75, 3.05) is 24.5 Å². The fourth-order valence-corrected chi connectivity index (χ4v) is 2.74. The van der Waals surface area contributed by atoms with Crippen molar-refractivity contribution in [3.8, 4) is 0 Å². The van der Waals surface area contributed by atoms with E-state index in [1.165, 1.54) is 5.69 Å². The number of unbranched alkanes of at least 4 members (excludes halogenated alkanes) is 1. The van der Waals surface area contributed by atoms with Gasteiger partial charge in [-0.05, 0) is 44.4 Å². The van der Waals surface area contributed by atoms with Crippen LogP contribution in [-0.4, -0.2) is 31.9 Å². The van der Waals surface area contributed by atoms with Crippen molar-refractivity contribution in [1.82, 2.24) is 5.32 Å². The summed E-state index contributed by atoms with van der Waals surface area (Å²) in [6, 6.07) is 10.8. The predicted octanol–water partition coefficient (Wildman–Crippen LogP) is 3.98. The summed E-state index contributed by atoms with van der Waals surface area (Å²) >= 11 is 0. The number of anilines is 1. The third-order valence-electron chi connectivity index (χ3n) is 3.94. The zero-order chi connectivity index (χ0) is 15.1. The van der Waals surface area contributed by atoms with Gasteiger partial charge in [0.15, 0.2) is 0 Å². The summed E-state index contributed by atoms with van der Waals surface area (Å²) in [5.41, 5.74) is 1.25. The molecule has 0 radical (unpaired) electrons. The second-order valence-corrected chi connectivity index (χ2v) is 5.62. The number of nitrogens with one attached hydrogen (secondary N) is 1. The van der Waals surface area contributed by atoms with E-state index in [0.29, 0.717) is 19.0 Å². The minimum atomic E-state index is -4.01. The first-order valence-corrected chi connectivity index (χ1v) is 7.65. The third kappa shape index (κ3) is 5.96. The van der Waals surface area contributed by atoms with E-state index >= 15 is 0 Å². The fraction of sp³-hybridized carbons (Fsp3) is 0.625. The number of piperidine rings is 1. The largest absolute Gasteiger partial charge is 0.389 e. The summed E-state index contributed by atoms with van der Waals surface area (Å²) in [5, 5.41) is 3.39. The molecule has 1 aromatic carbocycles. The summed E-state index contributed by atoms with van der Waals surface area (Å²) < 4.78 is 36.0. The summed E-state index contributed by atoms with van der Waals surface area (Å²) in [6.07, 6.45) is -1.76. The highest BCUT2D eigenvalue weighted by molar-refractivity contribution is 5.46. The number of rotatable bonds is 6. The quantitative estimate of drug-likeness (QED) is 0.800. The van der Waals surface area contributed by atoms with Crippen LogP contribution in [0.1, 0.15) is 32.1 Å². The Balaban J connectivity index is 1.59. The van der Waals surface area contributed by atoms with Crippen molar-refractivity contribution in [1.29, 1.82) is 0 Å². The molecule has 1 aliphatic rings. The maximum Gasteiger partial charge on any atom is 0.389 e. The molecule has 0 amide bonds. The Kier molecular flexibility index (Phi) is 5.91. The van der Waals surface area contributed by atoms with E-state index in [0.717, 1.165) is 25.9 Å². The Morgan fingerprint density at radius 1 is 1.05 bits per heavy atom. The molecule has 21 heavy (non-hydrogen) atoms. The molecule has 1 aromatic rings. The highest BCUT2D eigenvalue weighted by Crippen LogP contribution is 2.22. The molecular weight excluding hydrogens is 277 g/mol. The molecule has 1 heterocycles. The first-order chi connectivity index (χ1) is 10.0. The second-order valence-electron chi connectivity index (χ2n) is 5.62. The SMILES string of the molecule is FC(F)(F)CCCCNC1CCN(c2ccccc2)CC1. The number of para-hydroxylation sites is 1. The van der Waals surface area contributed by atoms with Crippen molar-refractivity contribution < 1.29 is 13.2 Å². The maximum absolute atomic E-state index is 12.0. The Hall–Kier alpha value is -1.23. The predicted molar refractivity (Wildman–Crippen MR) is 79.6 cm³/mol. The van der Waals surface area contributed by atoms with Gasteiger partial charge in [0.25, 0.3) is 0 Å². The van der Waals surface area contributed by atoms with Crippen LogP contribution < -0.4 is 10.2 Å². The molecule has 0 aliphatic carbocycles. The summed E-state index contributed by atoms with van der Waals surface area (Å²) in [4.78, 5) is 2.36. The first-order valence-electron chi connectivity index (χ1n) is 7.65. The lowest BCUT2D eigenvalue weighted by atomic mass is 10.0. The third-order valence-corrected chi connectivity index (χ3v) is 3.94. The molecule has 0 spiro atoms. The van der Waals surface area contributed by atoms with Crippen LogP contribution in [0.5, 0.6) is 0 Å². The lowest BCUT2D eigenvalue weighted by Crippen LogP contribution is -2.42. The molecular formula is C16H23F3N2. The van der Waals surface area contributed by atoms with Crippen LogP contribution in [0.3, 0.4) is 0 Å². The van der Waals surface area contributed by atoms with Gasteiger partial charge in [0.2, 0.25) is 0 Å². The Labute approximate surface area is 124 Å². The smallest absolute Gasteiger partial charge is 0.371 e. The summed E-state index contributed by atoms with van der Waals surface area (Å²) in [5.74, 6) is 0. The Morgan fingerprint density at radius 2 is 1.71 bits per heavy atom. The molecule has 1 aliphatic heterocycles. The van der Waals surface area contributed by atoms with Crippen LogP contribution in [0.15, 0.2) is 30.3 Å². The van der Waals surface area contributed by atoms with Crippen LogP contribution in [0, 0.1) is 0 Å². The lowest BCUT2D eigenvalue weighted by Gasteiger charge is -2.34. The van der Waals surface area contributed by atoms with Crippen LogP contribution in [0.2, 0.25) is 0 Å². The molecule has 1 N–H and O–H groups in total. The molecule has 118 valence electrons. The van der Waals surface area contributed by atoms with Gasteiger partial charge in [-0.2, -0.15) is 13.2 Å². The minimum Gasteiger partial charge on any atom is -0.371 e. The van der Waals surface area contributed by atoms with E-state index in [4.69, 9.17) is 0 Å². The molecule has 2 rings (SSSR count). The number of halogens is 3. The molecule has 0 aromatic heterocycles. The number of hydrogen-bond acceptors (Lipinski definition) is 2. The van der Waals surface area contributed by atoms with E-state index in [1.54, 1.807) is 0 Å². The van der Waals surface area contributed by atoms with Crippen LogP contribution in [0.4, 0.5) is 18.9 Å². The monoisotopic (exact) mass is 300 g/mol. The van der Waals surface area contributed by atoms with Crippen molar-refractivity contribution in [2.24, 2.45) is 0 Å². The molecule has 0 bridgehead atoms. The van der Waals surface area contributed by atoms with Crippen molar-refractivity contribution >= 4 is 5.69 Å². The van der Waals surface area contributed by atoms with Gasteiger partial charge in [-0.3, -0.25) is 0 Å². The van der Waals surface area contributed by atoms with Crippen LogP contribution >= 0.6 is 0 Å². The highest BCUT2D eigenvalue weighted by atomic mass is 19.4. The van der Waals surface area contributed by atoms with Gasteiger partial charge in [-0.1, -0.05) is 18.2 Å². The zero-order valence-electron chi connectivity index (χ0n) is 12.2. The van der Waals surface area contributed by atoms with Gasteiger partial charge >= 0.3 is 6.18 Å². The molecule has 2 nitrogen and oxygen atoms in total. The van der Waals surface area contributed by atoms with E-state index in [1.807, 2.05) is 18.2 Å². The molecule has 5 heteroatoms. The number of benzene rings is 1. The van der Waals surface area contributed by atoms with E-state index in [2.05, 4.69) is 22.3 Å². The van der Waals surface area contributed by atoms with Gasteiger partial charge < -0.3 is 10.2 Å². The van der Waals surface area contributed by atoms with Crippen LogP contribution in [0.25, 0.3) is 0 Å². The standard InChI is InChI=1S/C16H23F3N2/c17-16(18,19)10-4-5-11-20-14-8-12-21(13-9-14)15-6-2-1-3-7-15/h1-3,6-7,14,20H,4-5,8-13H2. The first kappa shape index (κ1) is 16.1. The van der Waals surface area contributed by atoms with Crippen LogP contribution in [-0.2, 0) is 0 Å². The second kappa shape index (κ2) is 7.69. The zero-order valence-corrected chi connectivity index (χ0v) is 12.2. The topological polar surface area (TPSA) is 15.3 Å². The molecule has 0 saturated carbocycles.